The quantitative estimate of drug-likeness (QED) is 0.353. The van der Waals surface area contributed by atoms with Crippen LogP contribution in [-0.4, -0.2) is 41.5 Å². The first-order chi connectivity index (χ1) is 15.2. The maximum Gasteiger partial charge on any atom is 0.180 e. The van der Waals surface area contributed by atoms with Crippen LogP contribution in [0.4, 0.5) is 0 Å². The molecule has 0 unspecified atom stereocenters. The Morgan fingerprint density at radius 2 is 1.75 bits per heavy atom. The molecule has 166 valence electrons. The average molecular weight is 451 g/mol. The van der Waals surface area contributed by atoms with Crippen molar-refractivity contribution < 1.29 is 13.5 Å². The maximum atomic E-state index is 12.3. The zero-order chi connectivity index (χ0) is 23.3. The Morgan fingerprint density at radius 1 is 1.09 bits per heavy atom. The molecule has 0 radical (unpaired) electrons. The van der Waals surface area contributed by atoms with Crippen LogP contribution in [-0.2, 0) is 16.4 Å². The van der Waals surface area contributed by atoms with Gasteiger partial charge in [-0.25, -0.2) is 13.4 Å². The minimum atomic E-state index is -3.36. The van der Waals surface area contributed by atoms with Gasteiger partial charge in [-0.15, -0.1) is 0 Å². The van der Waals surface area contributed by atoms with Crippen LogP contribution in [0.25, 0.3) is 17.0 Å². The summed E-state index contributed by atoms with van der Waals surface area (Å²) in [5.41, 5.74) is 3.29. The Hall–Kier alpha value is -3.36. The number of nitrogens with one attached hydrogen (secondary N) is 2. The van der Waals surface area contributed by atoms with Crippen LogP contribution in [0.15, 0.2) is 71.9 Å². The fraction of sp³-hybridized carbons (Fsp3) is 0.208. The maximum absolute atomic E-state index is 12.3. The van der Waals surface area contributed by atoms with E-state index >= 15 is 0 Å². The lowest BCUT2D eigenvalue weighted by Gasteiger charge is -2.09. The molecule has 3 rings (SSSR count). The van der Waals surface area contributed by atoms with Crippen molar-refractivity contribution in [2.45, 2.75) is 30.5 Å². The highest BCUT2D eigenvalue weighted by molar-refractivity contribution is 7.92. The van der Waals surface area contributed by atoms with Crippen LogP contribution in [0.2, 0.25) is 0 Å². The summed E-state index contributed by atoms with van der Waals surface area (Å²) in [6.07, 6.45) is 4.28. The second-order valence-electron chi connectivity index (χ2n) is 7.58. The number of rotatable bonds is 8. The molecule has 0 spiro atoms. The molecule has 0 atom stereocenters. The molecule has 0 aliphatic heterocycles. The van der Waals surface area contributed by atoms with E-state index in [4.69, 9.17) is 5.41 Å². The number of hydrogen-bond acceptors (Lipinski definition) is 7. The van der Waals surface area contributed by atoms with E-state index in [1.807, 2.05) is 31.3 Å². The highest BCUT2D eigenvalue weighted by Gasteiger charge is 2.19. The normalized spacial score (nSPS) is 12.2. The van der Waals surface area contributed by atoms with E-state index in [2.05, 4.69) is 15.3 Å². The van der Waals surface area contributed by atoms with Crippen molar-refractivity contribution in [3.05, 3.63) is 83.8 Å². The smallest absolute Gasteiger partial charge is 0.180 e. The second-order valence-corrected chi connectivity index (χ2v) is 10.1. The van der Waals surface area contributed by atoms with Crippen molar-refractivity contribution in [2.24, 2.45) is 0 Å². The summed E-state index contributed by atoms with van der Waals surface area (Å²) in [5.74, 6) is -0.178. The predicted octanol–water partition coefficient (Wildman–Crippen LogP) is 4.01. The first-order valence-corrected chi connectivity index (χ1v) is 11.7. The summed E-state index contributed by atoms with van der Waals surface area (Å²) in [7, 11) is -1.49. The summed E-state index contributed by atoms with van der Waals surface area (Å²) in [4.78, 5) is 8.80. The van der Waals surface area contributed by atoms with Crippen LogP contribution in [0.5, 0.6) is 0 Å². The van der Waals surface area contributed by atoms with Crippen molar-refractivity contribution in [1.82, 2.24) is 15.3 Å². The van der Waals surface area contributed by atoms with Gasteiger partial charge in [0.1, 0.15) is 11.5 Å². The number of aliphatic hydroxyl groups is 1. The van der Waals surface area contributed by atoms with Gasteiger partial charge in [-0.05, 0) is 44.2 Å². The van der Waals surface area contributed by atoms with Crippen molar-refractivity contribution in [2.75, 3.05) is 7.05 Å². The summed E-state index contributed by atoms with van der Waals surface area (Å²) in [6.45, 7) is 4.02. The van der Waals surface area contributed by atoms with Gasteiger partial charge < -0.3 is 15.8 Å². The van der Waals surface area contributed by atoms with Gasteiger partial charge >= 0.3 is 0 Å². The lowest BCUT2D eigenvalue weighted by molar-refractivity contribution is 0.509. The summed E-state index contributed by atoms with van der Waals surface area (Å²) < 4.78 is 24.6. The third-order valence-corrected chi connectivity index (χ3v) is 7.09. The van der Waals surface area contributed by atoms with E-state index in [0.717, 1.165) is 12.1 Å². The molecule has 32 heavy (non-hydrogen) atoms. The molecule has 0 fully saturated rings. The lowest BCUT2D eigenvalue weighted by atomic mass is 10.1. The number of allylic oxidation sites excluding steroid dienone is 1. The number of aromatic nitrogens is 2. The fourth-order valence-corrected chi connectivity index (χ4v) is 4.08. The van der Waals surface area contributed by atoms with Crippen molar-refractivity contribution in [3.63, 3.8) is 0 Å². The van der Waals surface area contributed by atoms with Gasteiger partial charge in [0.2, 0.25) is 0 Å². The van der Waals surface area contributed by atoms with Gasteiger partial charge in [0.15, 0.2) is 9.84 Å². The molecule has 0 aliphatic carbocycles. The second kappa shape index (κ2) is 9.84. The summed E-state index contributed by atoms with van der Waals surface area (Å²) in [6, 6.07) is 13.9. The molecule has 0 aliphatic rings. The largest absolute Gasteiger partial charge is 0.506 e. The zero-order valence-electron chi connectivity index (χ0n) is 18.2. The van der Waals surface area contributed by atoms with Gasteiger partial charge in [0.05, 0.1) is 33.9 Å². The third-order valence-electron chi connectivity index (χ3n) is 4.92. The molecule has 1 heterocycles. The van der Waals surface area contributed by atoms with Crippen molar-refractivity contribution >= 4 is 21.3 Å². The number of nitrogens with zero attached hydrogens (tertiary/aromatic N) is 2. The van der Waals surface area contributed by atoms with Gasteiger partial charge in [-0.1, -0.05) is 36.4 Å². The standard InChI is InChI=1S/C24H26N4O3S/c1-16(2)32(30,31)20-10-8-19(9-11-20)22-14-27-15-23(28-22)24(29)12-21(25)18-6-4-17(5-7-18)13-26-3/h4-12,14-16,25-26,29H,13H2,1-3H3/b24-12-,25-21?. The minimum absolute atomic E-state index is 0.147. The summed E-state index contributed by atoms with van der Waals surface area (Å²) in [5, 5.41) is 21.3. The molecular weight excluding hydrogens is 424 g/mol. The van der Waals surface area contributed by atoms with Gasteiger partial charge in [0.25, 0.3) is 0 Å². The fourth-order valence-electron chi connectivity index (χ4n) is 3.02. The molecule has 0 saturated heterocycles. The first-order valence-electron chi connectivity index (χ1n) is 10.1. The molecule has 0 bridgehead atoms. The van der Waals surface area contributed by atoms with Crippen LogP contribution in [0.3, 0.4) is 0 Å². The number of hydrogen-bond donors (Lipinski definition) is 3. The van der Waals surface area contributed by atoms with Crippen LogP contribution < -0.4 is 5.32 Å². The molecule has 2 aromatic carbocycles. The van der Waals surface area contributed by atoms with Gasteiger partial charge in [-0.3, -0.25) is 4.98 Å². The van der Waals surface area contributed by atoms with Crippen LogP contribution >= 0.6 is 0 Å². The molecule has 3 aromatic rings. The predicted molar refractivity (Wildman–Crippen MR) is 126 cm³/mol. The van der Waals surface area contributed by atoms with E-state index in [1.165, 1.54) is 18.5 Å². The minimum Gasteiger partial charge on any atom is -0.506 e. The Bertz CT molecular complexity index is 1230. The lowest BCUT2D eigenvalue weighted by Crippen LogP contribution is -2.13. The molecule has 1 aromatic heterocycles. The Kier molecular flexibility index (Phi) is 7.17. The number of sulfone groups is 1. The molecule has 3 N–H and O–H groups in total. The Labute approximate surface area is 188 Å². The van der Waals surface area contributed by atoms with Crippen LogP contribution in [0, 0.1) is 5.41 Å². The Balaban J connectivity index is 1.82. The topological polar surface area (TPSA) is 116 Å². The molecule has 0 saturated carbocycles. The highest BCUT2D eigenvalue weighted by Crippen LogP contribution is 2.22. The van der Waals surface area contributed by atoms with Crippen molar-refractivity contribution in [1.29, 1.82) is 5.41 Å². The van der Waals surface area contributed by atoms with Crippen LogP contribution in [0.1, 0.15) is 30.7 Å². The number of aliphatic hydroxyl groups excluding tert-OH is 1. The molecular formula is C24H26N4O3S. The monoisotopic (exact) mass is 450 g/mol. The van der Waals surface area contributed by atoms with Gasteiger partial charge in [-0.2, -0.15) is 0 Å². The van der Waals surface area contributed by atoms with E-state index in [9.17, 15) is 13.5 Å². The average Bonchev–Trinajstić information content (AvgIpc) is 2.79. The van der Waals surface area contributed by atoms with Gasteiger partial charge in [0, 0.05) is 18.2 Å². The van der Waals surface area contributed by atoms with E-state index < -0.39 is 15.1 Å². The van der Waals surface area contributed by atoms with E-state index in [0.29, 0.717) is 16.8 Å². The third kappa shape index (κ3) is 5.27. The molecule has 8 heteroatoms. The van der Waals surface area contributed by atoms with E-state index in [-0.39, 0.29) is 22.1 Å². The number of benzene rings is 2. The first kappa shape index (κ1) is 23.3. The highest BCUT2D eigenvalue weighted by atomic mass is 32.2. The van der Waals surface area contributed by atoms with Crippen molar-refractivity contribution in [3.8, 4) is 11.3 Å². The molecule has 7 nitrogen and oxygen atoms in total. The summed E-state index contributed by atoms with van der Waals surface area (Å²) >= 11 is 0. The Morgan fingerprint density at radius 3 is 2.34 bits per heavy atom. The SMILES string of the molecule is CNCc1ccc(C(=N)/C=C(\O)c2cncc(-c3ccc(S(=O)(=O)C(C)C)cc3)n2)cc1. The molecule has 0 amide bonds. The zero-order valence-corrected chi connectivity index (χ0v) is 19.0. The van der Waals surface area contributed by atoms with E-state index in [1.54, 1.807) is 38.1 Å².